The predicted octanol–water partition coefficient (Wildman–Crippen LogP) is -6.27. The van der Waals surface area contributed by atoms with Crippen LogP contribution in [-0.4, -0.2) is 101 Å². The standard InChI is InChI=1S/2Al.2Li.H4O4Si.8H/c;;;;1-5(2,3)4;;;;;;;;/h;;;;1-4H;;;;;;;;. The van der Waals surface area contributed by atoms with Crippen LogP contribution in [0.25, 0.3) is 0 Å². The molecule has 0 fully saturated rings. The molecule has 0 aliphatic heterocycles. The molecular weight excluding hydrogens is 160 g/mol. The van der Waals surface area contributed by atoms with E-state index >= 15 is 0 Å². The first-order valence-corrected chi connectivity index (χ1v) is 2.68. The fourth-order valence-corrected chi connectivity index (χ4v) is 0. The van der Waals surface area contributed by atoms with E-state index in [-0.39, 0.29) is 72.4 Å². The van der Waals surface area contributed by atoms with Gasteiger partial charge in [-0.1, -0.05) is 0 Å². The number of hydrogen-bond acceptors (Lipinski definition) is 4. The van der Waals surface area contributed by atoms with Gasteiger partial charge in [-0.2, -0.15) is 0 Å². The van der Waals surface area contributed by atoms with Crippen LogP contribution in [0.5, 0.6) is 0 Å². The van der Waals surface area contributed by atoms with Crippen molar-refractivity contribution in [2.45, 2.75) is 0 Å². The first-order chi connectivity index (χ1) is 2.00. The molecule has 0 aliphatic rings. The average Bonchev–Trinajstić information content (AvgIpc) is 0.722. The van der Waals surface area contributed by atoms with Gasteiger partial charge in [0, 0.05) is 0 Å². The molecule has 0 atom stereocenters. The third-order valence-corrected chi connectivity index (χ3v) is 0. The Hall–Kier alpha value is 2.32. The maximum atomic E-state index is 7.33. The Bertz CT molecular complexity index is 32.0. The molecule has 0 bridgehead atoms. The summed E-state index contributed by atoms with van der Waals surface area (Å²) < 4.78 is 0. The molecule has 0 radical (unpaired) electrons. The van der Waals surface area contributed by atoms with Gasteiger partial charge in [0.05, 0.1) is 0 Å². The topological polar surface area (TPSA) is 80.9 Å². The second-order valence-electron chi connectivity index (χ2n) is 0.600. The Morgan fingerprint density at radius 3 is 0.667 bits per heavy atom. The van der Waals surface area contributed by atoms with Gasteiger partial charge in [0.1, 0.15) is 0 Å². The van der Waals surface area contributed by atoms with Crippen LogP contribution in [0.3, 0.4) is 0 Å². The van der Waals surface area contributed by atoms with Crippen molar-refractivity contribution >= 4 is 81.5 Å². The summed E-state index contributed by atoms with van der Waals surface area (Å²) in [7, 11) is -4.61. The summed E-state index contributed by atoms with van der Waals surface area (Å²) in [6, 6.07) is 0. The molecule has 0 aromatic heterocycles. The first-order valence-electron chi connectivity index (χ1n) is 0.894. The van der Waals surface area contributed by atoms with Gasteiger partial charge in [0.2, 0.25) is 0 Å². The van der Waals surface area contributed by atoms with Gasteiger partial charge in [-0.15, -0.1) is 0 Å². The Balaban J connectivity index is -0.0000000133. The van der Waals surface area contributed by atoms with E-state index < -0.39 is 9.05 Å². The van der Waals surface area contributed by atoms with Crippen LogP contribution in [0.1, 0.15) is 0 Å². The average molecular weight is 172 g/mol. The van der Waals surface area contributed by atoms with Crippen molar-refractivity contribution in [3.63, 3.8) is 0 Å². The van der Waals surface area contributed by atoms with E-state index in [9.17, 15) is 0 Å². The Kier molecular flexibility index (Phi) is 43.4. The van der Waals surface area contributed by atoms with Crippen LogP contribution in [-0.2, 0) is 0 Å². The van der Waals surface area contributed by atoms with Crippen LogP contribution >= 0.6 is 0 Å². The summed E-state index contributed by atoms with van der Waals surface area (Å²) in [5.41, 5.74) is 0. The Labute approximate surface area is 99.8 Å². The van der Waals surface area contributed by atoms with Crippen molar-refractivity contribution in [2.75, 3.05) is 0 Å². The van der Waals surface area contributed by atoms with Crippen molar-refractivity contribution in [3.8, 4) is 0 Å². The molecule has 4 N–H and O–H groups in total. The van der Waals surface area contributed by atoms with Crippen molar-refractivity contribution in [2.24, 2.45) is 0 Å². The molecule has 0 aromatic carbocycles. The van der Waals surface area contributed by atoms with E-state index in [1.165, 1.54) is 0 Å². The predicted molar refractivity (Wildman–Crippen MR) is 48.8 cm³/mol. The Morgan fingerprint density at radius 2 is 0.667 bits per heavy atom. The summed E-state index contributed by atoms with van der Waals surface area (Å²) in [6.07, 6.45) is 0. The zero-order valence-electron chi connectivity index (χ0n) is 2.29. The van der Waals surface area contributed by atoms with Crippen molar-refractivity contribution in [3.05, 3.63) is 0 Å². The van der Waals surface area contributed by atoms with E-state index in [1.54, 1.807) is 0 Å². The molecular formula is H12Al2Li2O4Si. The quantitative estimate of drug-likeness (QED) is 0.274. The summed E-state index contributed by atoms with van der Waals surface area (Å²) >= 11 is 0. The molecule has 9 heteroatoms. The molecule has 0 aromatic rings. The van der Waals surface area contributed by atoms with E-state index in [4.69, 9.17) is 19.2 Å². The van der Waals surface area contributed by atoms with Gasteiger partial charge in [-0.3, -0.25) is 0 Å². The number of rotatable bonds is 0. The van der Waals surface area contributed by atoms with Crippen LogP contribution < -0.4 is 0 Å². The van der Waals surface area contributed by atoms with Crippen molar-refractivity contribution < 1.29 is 19.2 Å². The molecule has 0 amide bonds. The fraction of sp³-hybridized carbons (Fsp3) is 0. The van der Waals surface area contributed by atoms with Gasteiger partial charge in [0.15, 0.2) is 34.7 Å². The van der Waals surface area contributed by atoms with Crippen LogP contribution in [0.2, 0.25) is 0 Å². The fourth-order valence-electron chi connectivity index (χ4n) is 0. The summed E-state index contributed by atoms with van der Waals surface area (Å²) in [4.78, 5) is 29.3. The second kappa shape index (κ2) is 12.9. The van der Waals surface area contributed by atoms with Crippen molar-refractivity contribution in [1.82, 2.24) is 0 Å². The van der Waals surface area contributed by atoms with Gasteiger partial charge in [-0.25, -0.2) is 0 Å². The minimum atomic E-state index is -4.61. The number of hydrogen-bond donors (Lipinski definition) is 4. The Morgan fingerprint density at radius 1 is 0.667 bits per heavy atom. The molecule has 48 valence electrons. The van der Waals surface area contributed by atoms with Gasteiger partial charge < -0.3 is 19.2 Å². The van der Waals surface area contributed by atoms with E-state index in [2.05, 4.69) is 0 Å². The zero-order chi connectivity index (χ0) is 4.50. The molecule has 0 spiro atoms. The second-order valence-corrected chi connectivity index (χ2v) is 1.80. The molecule has 9 heavy (non-hydrogen) atoms. The molecule has 0 aliphatic carbocycles. The van der Waals surface area contributed by atoms with Crippen molar-refractivity contribution in [1.29, 1.82) is 0 Å². The van der Waals surface area contributed by atoms with Crippen LogP contribution in [0.15, 0.2) is 0 Å². The first kappa shape index (κ1) is 30.2. The zero-order valence-corrected chi connectivity index (χ0v) is 3.29. The molecule has 0 heterocycles. The normalized spacial score (nSPS) is 6.67. The minimum absolute atomic E-state index is 0. The molecule has 0 saturated heterocycles. The molecule has 4 nitrogen and oxygen atoms in total. The summed E-state index contributed by atoms with van der Waals surface area (Å²) in [5, 5.41) is 0. The molecule has 0 rings (SSSR count). The summed E-state index contributed by atoms with van der Waals surface area (Å²) in [5.74, 6) is 0. The van der Waals surface area contributed by atoms with E-state index in [0.717, 1.165) is 0 Å². The summed E-state index contributed by atoms with van der Waals surface area (Å²) in [6.45, 7) is 0. The molecule has 0 unspecified atom stereocenters. The van der Waals surface area contributed by atoms with Crippen LogP contribution in [0, 0.1) is 0 Å². The van der Waals surface area contributed by atoms with Gasteiger partial charge in [0.25, 0.3) is 0 Å². The van der Waals surface area contributed by atoms with Crippen LogP contribution in [0.4, 0.5) is 0 Å². The SMILES string of the molecule is O[Si](O)(O)O.[AlH3].[AlH3].[LiH].[LiH]. The monoisotopic (exact) mass is 172 g/mol. The third-order valence-electron chi connectivity index (χ3n) is 0. The van der Waals surface area contributed by atoms with Gasteiger partial charge in [-0.05, 0) is 0 Å². The third kappa shape index (κ3) is 133. The van der Waals surface area contributed by atoms with Gasteiger partial charge >= 0.3 is 46.8 Å². The maximum absolute atomic E-state index is 7.33. The van der Waals surface area contributed by atoms with E-state index in [1.807, 2.05) is 0 Å². The molecule has 0 saturated carbocycles. The van der Waals surface area contributed by atoms with E-state index in [0.29, 0.717) is 0 Å².